The van der Waals surface area contributed by atoms with Crippen molar-refractivity contribution in [1.82, 2.24) is 4.57 Å². The molecule has 0 aliphatic carbocycles. The number of piperidine rings is 1. The number of hydrogen-bond donors (Lipinski definition) is 0. The summed E-state index contributed by atoms with van der Waals surface area (Å²) in [4.78, 5) is 15.3. The molecule has 1 atom stereocenters. The van der Waals surface area contributed by atoms with E-state index in [0.29, 0.717) is 32.3 Å². The van der Waals surface area contributed by atoms with Crippen LogP contribution in [0, 0.1) is 12.8 Å². The van der Waals surface area contributed by atoms with Crippen LogP contribution >= 0.6 is 0 Å². The molecular formula is C25H32N2O4. The zero-order valence-electron chi connectivity index (χ0n) is 18.6. The van der Waals surface area contributed by atoms with Crippen molar-refractivity contribution < 1.29 is 14.2 Å². The van der Waals surface area contributed by atoms with Gasteiger partial charge in [-0.25, -0.2) is 0 Å². The van der Waals surface area contributed by atoms with Gasteiger partial charge in [0.2, 0.25) is 0 Å². The summed E-state index contributed by atoms with van der Waals surface area (Å²) in [5.74, 6) is 1.44. The van der Waals surface area contributed by atoms with Crippen molar-refractivity contribution in [3.05, 3.63) is 45.6 Å². The van der Waals surface area contributed by atoms with Crippen molar-refractivity contribution in [3.8, 4) is 17.1 Å². The normalized spacial score (nSPS) is 21.5. The third-order valence-electron chi connectivity index (χ3n) is 6.91. The molecule has 0 N–H and O–H groups in total. The summed E-state index contributed by atoms with van der Waals surface area (Å²) in [7, 11) is 0. The van der Waals surface area contributed by atoms with Gasteiger partial charge in [-0.2, -0.15) is 0 Å². The van der Waals surface area contributed by atoms with Crippen molar-refractivity contribution in [2.24, 2.45) is 5.92 Å². The molecule has 2 aromatic rings. The van der Waals surface area contributed by atoms with Gasteiger partial charge in [0.1, 0.15) is 12.7 Å². The van der Waals surface area contributed by atoms with Gasteiger partial charge in [0.05, 0.1) is 25.5 Å². The van der Waals surface area contributed by atoms with Crippen molar-refractivity contribution >= 4 is 5.69 Å². The van der Waals surface area contributed by atoms with E-state index in [4.69, 9.17) is 14.2 Å². The summed E-state index contributed by atoms with van der Waals surface area (Å²) in [6.45, 7) is 9.46. The van der Waals surface area contributed by atoms with Crippen molar-refractivity contribution in [2.75, 3.05) is 44.4 Å². The number of ether oxygens (including phenoxy) is 3. The first kappa shape index (κ1) is 20.6. The van der Waals surface area contributed by atoms with Crippen LogP contribution in [0.1, 0.15) is 30.9 Å². The summed E-state index contributed by atoms with van der Waals surface area (Å²) in [6, 6.07) is 8.37. The molecule has 2 saturated heterocycles. The molecule has 5 rings (SSSR count). The monoisotopic (exact) mass is 424 g/mol. The van der Waals surface area contributed by atoms with Crippen LogP contribution < -0.4 is 15.1 Å². The lowest BCUT2D eigenvalue weighted by molar-refractivity contribution is -0.102. The molecule has 166 valence electrons. The lowest BCUT2D eigenvalue weighted by Crippen LogP contribution is -2.34. The number of aryl methyl sites for hydroxylation is 1. The highest BCUT2D eigenvalue weighted by molar-refractivity contribution is 5.72. The van der Waals surface area contributed by atoms with Gasteiger partial charge < -0.3 is 23.7 Å². The van der Waals surface area contributed by atoms with Gasteiger partial charge in [0.25, 0.3) is 0 Å². The minimum atomic E-state index is -0.0906. The number of aromatic nitrogens is 1. The van der Waals surface area contributed by atoms with E-state index >= 15 is 0 Å². The average molecular weight is 425 g/mol. The van der Waals surface area contributed by atoms with Crippen LogP contribution in [0.25, 0.3) is 11.3 Å². The zero-order chi connectivity index (χ0) is 21.4. The molecule has 4 heterocycles. The van der Waals surface area contributed by atoms with E-state index in [2.05, 4.69) is 34.6 Å². The quantitative estimate of drug-likeness (QED) is 0.753. The topological polar surface area (TPSA) is 52.9 Å². The molecule has 0 unspecified atom stereocenters. The standard InChI is InChI=1S/C25H32N2O4/c1-17-5-8-26(9-6-17)20-3-4-22-19(13-20)7-10-27-24(14-23(28)18(2)25(22)27)31-16-21-15-29-11-12-30-21/h3-4,13-14,17,21H,5-12,15-16H2,1-2H3/t21-/m0/s1. The fourth-order valence-electron chi connectivity index (χ4n) is 4.94. The van der Waals surface area contributed by atoms with E-state index in [1.165, 1.54) is 24.1 Å². The minimum Gasteiger partial charge on any atom is -0.476 e. The first-order valence-corrected chi connectivity index (χ1v) is 11.5. The van der Waals surface area contributed by atoms with Crippen LogP contribution in [-0.4, -0.2) is 50.2 Å². The summed E-state index contributed by atoms with van der Waals surface area (Å²) < 4.78 is 19.4. The second-order valence-electron chi connectivity index (χ2n) is 9.11. The number of benzene rings is 1. The van der Waals surface area contributed by atoms with E-state index in [-0.39, 0.29) is 11.5 Å². The van der Waals surface area contributed by atoms with Crippen LogP contribution in [0.3, 0.4) is 0 Å². The predicted octanol–water partition coefficient (Wildman–Crippen LogP) is 3.41. The summed E-state index contributed by atoms with van der Waals surface area (Å²) in [5.41, 5.74) is 5.57. The van der Waals surface area contributed by atoms with Gasteiger partial charge in [-0.15, -0.1) is 0 Å². The van der Waals surface area contributed by atoms with Gasteiger partial charge in [-0.05, 0) is 49.8 Å². The smallest absolute Gasteiger partial charge is 0.197 e. The fraction of sp³-hybridized carbons (Fsp3) is 0.560. The number of rotatable bonds is 4. The Bertz CT molecular complexity index is 1000. The molecule has 6 nitrogen and oxygen atoms in total. The average Bonchev–Trinajstić information content (AvgIpc) is 2.80. The summed E-state index contributed by atoms with van der Waals surface area (Å²) in [5, 5.41) is 0. The summed E-state index contributed by atoms with van der Waals surface area (Å²) in [6.07, 6.45) is 3.35. The number of nitrogens with zero attached hydrogens (tertiary/aromatic N) is 2. The Labute approximate surface area is 183 Å². The molecule has 0 bridgehead atoms. The van der Waals surface area contributed by atoms with Crippen LogP contribution in [0.5, 0.6) is 5.88 Å². The Kier molecular flexibility index (Phi) is 5.76. The van der Waals surface area contributed by atoms with Crippen molar-refractivity contribution in [1.29, 1.82) is 0 Å². The Morgan fingerprint density at radius 2 is 1.97 bits per heavy atom. The lowest BCUT2D eigenvalue weighted by atomic mass is 9.93. The molecule has 1 aromatic heterocycles. The Balaban J connectivity index is 1.44. The Morgan fingerprint density at radius 1 is 1.13 bits per heavy atom. The first-order chi connectivity index (χ1) is 15.1. The van der Waals surface area contributed by atoms with Gasteiger partial charge >= 0.3 is 0 Å². The highest BCUT2D eigenvalue weighted by Crippen LogP contribution is 2.36. The van der Waals surface area contributed by atoms with Crippen molar-refractivity contribution in [3.63, 3.8) is 0 Å². The number of anilines is 1. The Morgan fingerprint density at radius 3 is 2.74 bits per heavy atom. The molecule has 0 amide bonds. The maximum absolute atomic E-state index is 12.8. The Hall–Kier alpha value is -2.31. The lowest BCUT2D eigenvalue weighted by Gasteiger charge is -2.33. The van der Waals surface area contributed by atoms with E-state index in [1.54, 1.807) is 6.07 Å². The van der Waals surface area contributed by atoms with Gasteiger partial charge in [-0.1, -0.05) is 13.0 Å². The van der Waals surface area contributed by atoms with E-state index < -0.39 is 0 Å². The molecule has 31 heavy (non-hydrogen) atoms. The number of fused-ring (bicyclic) bond motifs is 3. The molecule has 3 aliphatic rings. The van der Waals surface area contributed by atoms with E-state index in [1.807, 2.05) is 6.92 Å². The highest BCUT2D eigenvalue weighted by Gasteiger charge is 2.25. The zero-order valence-corrected chi connectivity index (χ0v) is 18.6. The fourth-order valence-corrected chi connectivity index (χ4v) is 4.94. The molecule has 2 fully saturated rings. The third-order valence-corrected chi connectivity index (χ3v) is 6.91. The minimum absolute atomic E-state index is 0.0176. The van der Waals surface area contributed by atoms with Crippen LogP contribution in [-0.2, 0) is 22.4 Å². The van der Waals surface area contributed by atoms with Crippen LogP contribution in [0.15, 0.2) is 29.1 Å². The van der Waals surface area contributed by atoms with E-state index in [9.17, 15) is 4.79 Å². The number of pyridine rings is 1. The third kappa shape index (κ3) is 4.11. The van der Waals surface area contributed by atoms with E-state index in [0.717, 1.165) is 48.8 Å². The first-order valence-electron chi connectivity index (χ1n) is 11.5. The summed E-state index contributed by atoms with van der Waals surface area (Å²) >= 11 is 0. The molecule has 0 spiro atoms. The van der Waals surface area contributed by atoms with Crippen molar-refractivity contribution in [2.45, 2.75) is 45.8 Å². The SMILES string of the molecule is Cc1c2n(c(OC[C@@H]3COCCO3)cc1=O)CCc1cc(N3CCC(C)CC3)ccc1-2. The predicted molar refractivity (Wildman–Crippen MR) is 121 cm³/mol. The van der Waals surface area contributed by atoms with Gasteiger partial charge in [0.15, 0.2) is 11.3 Å². The van der Waals surface area contributed by atoms with Gasteiger partial charge in [0, 0.05) is 42.5 Å². The second-order valence-corrected chi connectivity index (χ2v) is 9.11. The van der Waals surface area contributed by atoms with Crippen LogP contribution in [0.2, 0.25) is 0 Å². The second kappa shape index (κ2) is 8.67. The molecule has 6 heteroatoms. The highest BCUT2D eigenvalue weighted by atomic mass is 16.6. The maximum atomic E-state index is 12.8. The largest absolute Gasteiger partial charge is 0.476 e. The van der Waals surface area contributed by atoms with Crippen LogP contribution in [0.4, 0.5) is 5.69 Å². The maximum Gasteiger partial charge on any atom is 0.197 e. The molecule has 0 radical (unpaired) electrons. The molecule has 3 aliphatic heterocycles. The molecule has 0 saturated carbocycles. The number of hydrogen-bond acceptors (Lipinski definition) is 5. The molecule has 1 aromatic carbocycles. The van der Waals surface area contributed by atoms with Gasteiger partial charge in [-0.3, -0.25) is 4.79 Å². The molecular weight excluding hydrogens is 392 g/mol.